The maximum atomic E-state index is 3.78. The zero-order chi connectivity index (χ0) is 11.7. The van der Waals surface area contributed by atoms with Gasteiger partial charge in [0.05, 0.1) is 0 Å². The Morgan fingerprint density at radius 1 is 1.24 bits per heavy atom. The largest absolute Gasteiger partial charge is 0.381 e. The topological polar surface area (TPSA) is 12.0 Å². The van der Waals surface area contributed by atoms with Crippen LogP contribution in [0.15, 0.2) is 18.2 Å². The Balaban J connectivity index is 1.78. The van der Waals surface area contributed by atoms with Crippen LogP contribution in [0.4, 0.5) is 5.69 Å². The second-order valence-electron chi connectivity index (χ2n) is 5.37. The molecule has 2 atom stereocenters. The summed E-state index contributed by atoms with van der Waals surface area (Å²) in [6, 6.07) is 7.49. The van der Waals surface area contributed by atoms with Crippen molar-refractivity contribution in [3.63, 3.8) is 0 Å². The molecular formula is C15H21NS. The molecular weight excluding hydrogens is 226 g/mol. The van der Waals surface area contributed by atoms with E-state index in [9.17, 15) is 0 Å². The number of hydrogen-bond acceptors (Lipinski definition) is 2. The highest BCUT2D eigenvalue weighted by atomic mass is 32.2. The Labute approximate surface area is 108 Å². The Hall–Kier alpha value is -0.630. The molecule has 2 heteroatoms. The zero-order valence-electron chi connectivity index (χ0n) is 10.5. The lowest BCUT2D eigenvalue weighted by molar-refractivity contribution is 0.682. The number of nitrogens with one attached hydrogen (secondary N) is 1. The molecule has 2 aliphatic rings. The van der Waals surface area contributed by atoms with E-state index >= 15 is 0 Å². The van der Waals surface area contributed by atoms with Crippen LogP contribution in [0.25, 0.3) is 0 Å². The van der Waals surface area contributed by atoms with Crippen molar-refractivity contribution in [1.82, 2.24) is 0 Å². The summed E-state index contributed by atoms with van der Waals surface area (Å²) >= 11 is 2.10. The summed E-state index contributed by atoms with van der Waals surface area (Å²) < 4.78 is 0. The van der Waals surface area contributed by atoms with Gasteiger partial charge in [-0.2, -0.15) is 11.8 Å². The SMILES string of the molecule is CC1CC(Nc2cccc3c2CCCC3)CS1. The second-order valence-corrected chi connectivity index (χ2v) is 6.84. The Kier molecular flexibility index (Phi) is 3.32. The number of aryl methyl sites for hydroxylation is 1. The van der Waals surface area contributed by atoms with E-state index in [2.05, 4.69) is 42.2 Å². The van der Waals surface area contributed by atoms with Gasteiger partial charge in [-0.1, -0.05) is 19.1 Å². The minimum atomic E-state index is 0.684. The molecule has 1 saturated heterocycles. The molecule has 1 heterocycles. The van der Waals surface area contributed by atoms with Crippen molar-refractivity contribution >= 4 is 17.4 Å². The second kappa shape index (κ2) is 4.93. The number of fused-ring (bicyclic) bond motifs is 1. The van der Waals surface area contributed by atoms with E-state index in [1.165, 1.54) is 43.5 Å². The number of rotatable bonds is 2. The van der Waals surface area contributed by atoms with Crippen molar-refractivity contribution in [2.45, 2.75) is 50.3 Å². The van der Waals surface area contributed by atoms with Gasteiger partial charge in [0.1, 0.15) is 0 Å². The van der Waals surface area contributed by atoms with E-state index in [1.807, 2.05) is 0 Å². The van der Waals surface area contributed by atoms with Gasteiger partial charge in [-0.05, 0) is 49.3 Å². The van der Waals surface area contributed by atoms with Crippen LogP contribution < -0.4 is 5.32 Å². The summed E-state index contributed by atoms with van der Waals surface area (Å²) in [5, 5.41) is 4.60. The third-order valence-electron chi connectivity index (χ3n) is 3.95. The third kappa shape index (κ3) is 2.47. The Morgan fingerprint density at radius 3 is 2.94 bits per heavy atom. The fourth-order valence-electron chi connectivity index (χ4n) is 3.05. The lowest BCUT2D eigenvalue weighted by Gasteiger charge is -2.22. The van der Waals surface area contributed by atoms with Crippen LogP contribution in [0.1, 0.15) is 37.3 Å². The highest BCUT2D eigenvalue weighted by Gasteiger charge is 2.23. The molecule has 1 N–H and O–H groups in total. The van der Waals surface area contributed by atoms with E-state index in [0.717, 1.165) is 5.25 Å². The van der Waals surface area contributed by atoms with Crippen molar-refractivity contribution in [3.05, 3.63) is 29.3 Å². The average molecular weight is 247 g/mol. The molecule has 0 aromatic heterocycles. The van der Waals surface area contributed by atoms with Gasteiger partial charge in [0, 0.05) is 22.7 Å². The highest BCUT2D eigenvalue weighted by molar-refractivity contribution is 8.00. The van der Waals surface area contributed by atoms with E-state index in [4.69, 9.17) is 0 Å². The molecule has 0 saturated carbocycles. The Morgan fingerprint density at radius 2 is 2.12 bits per heavy atom. The molecule has 3 rings (SSSR count). The molecule has 0 radical (unpaired) electrons. The van der Waals surface area contributed by atoms with Crippen molar-refractivity contribution < 1.29 is 0 Å². The molecule has 1 aromatic carbocycles. The smallest absolute Gasteiger partial charge is 0.0377 e. The molecule has 1 aromatic rings. The summed E-state index contributed by atoms with van der Waals surface area (Å²) in [5.41, 5.74) is 4.60. The fourth-order valence-corrected chi connectivity index (χ4v) is 4.20. The van der Waals surface area contributed by atoms with Gasteiger partial charge in [0.25, 0.3) is 0 Å². The normalized spacial score (nSPS) is 27.8. The summed E-state index contributed by atoms with van der Waals surface area (Å²) in [4.78, 5) is 0. The van der Waals surface area contributed by atoms with Gasteiger partial charge < -0.3 is 5.32 Å². The average Bonchev–Trinajstić information content (AvgIpc) is 2.75. The van der Waals surface area contributed by atoms with Gasteiger partial charge in [0.15, 0.2) is 0 Å². The van der Waals surface area contributed by atoms with Crippen molar-refractivity contribution in [2.24, 2.45) is 0 Å². The van der Waals surface area contributed by atoms with Crippen molar-refractivity contribution in [1.29, 1.82) is 0 Å². The molecule has 0 amide bonds. The first-order chi connectivity index (χ1) is 8.33. The monoisotopic (exact) mass is 247 g/mol. The van der Waals surface area contributed by atoms with Gasteiger partial charge in [-0.3, -0.25) is 0 Å². The maximum absolute atomic E-state index is 3.78. The minimum absolute atomic E-state index is 0.684. The quantitative estimate of drug-likeness (QED) is 0.851. The van der Waals surface area contributed by atoms with Crippen molar-refractivity contribution in [2.75, 3.05) is 11.1 Å². The predicted molar refractivity (Wildman–Crippen MR) is 77.0 cm³/mol. The van der Waals surface area contributed by atoms with E-state index < -0.39 is 0 Å². The van der Waals surface area contributed by atoms with Crippen LogP contribution in [0.3, 0.4) is 0 Å². The predicted octanol–water partition coefficient (Wildman–Crippen LogP) is 3.87. The fraction of sp³-hybridized carbons (Fsp3) is 0.600. The number of hydrogen-bond donors (Lipinski definition) is 1. The molecule has 0 bridgehead atoms. The summed E-state index contributed by atoms with van der Waals surface area (Å²) in [6.07, 6.45) is 6.59. The molecule has 92 valence electrons. The molecule has 2 unspecified atom stereocenters. The lowest BCUT2D eigenvalue weighted by Crippen LogP contribution is -2.20. The summed E-state index contributed by atoms with van der Waals surface area (Å²) in [7, 11) is 0. The molecule has 1 nitrogen and oxygen atoms in total. The van der Waals surface area contributed by atoms with E-state index in [1.54, 1.807) is 11.1 Å². The summed E-state index contributed by atoms with van der Waals surface area (Å²) in [5.74, 6) is 1.27. The molecule has 1 aliphatic carbocycles. The first kappa shape index (κ1) is 11.5. The van der Waals surface area contributed by atoms with Crippen molar-refractivity contribution in [3.8, 4) is 0 Å². The number of benzene rings is 1. The molecule has 1 aliphatic heterocycles. The maximum Gasteiger partial charge on any atom is 0.0377 e. The van der Waals surface area contributed by atoms with Crippen LogP contribution >= 0.6 is 11.8 Å². The molecule has 1 fully saturated rings. The van der Waals surface area contributed by atoms with Gasteiger partial charge in [-0.25, -0.2) is 0 Å². The zero-order valence-corrected chi connectivity index (χ0v) is 11.4. The van der Waals surface area contributed by atoms with Gasteiger partial charge >= 0.3 is 0 Å². The van der Waals surface area contributed by atoms with Crippen LogP contribution in [0.2, 0.25) is 0 Å². The molecule has 17 heavy (non-hydrogen) atoms. The van der Waals surface area contributed by atoms with Crippen LogP contribution in [0.5, 0.6) is 0 Å². The number of thioether (sulfide) groups is 1. The number of anilines is 1. The first-order valence-electron chi connectivity index (χ1n) is 6.82. The molecule has 0 spiro atoms. The lowest BCUT2D eigenvalue weighted by atomic mass is 9.90. The van der Waals surface area contributed by atoms with E-state index in [0.29, 0.717) is 6.04 Å². The standard InChI is InChI=1S/C15H21NS/c1-11-9-13(10-17-11)16-15-8-4-6-12-5-2-3-7-14(12)15/h4,6,8,11,13,16H,2-3,5,7,9-10H2,1H3. The first-order valence-corrected chi connectivity index (χ1v) is 7.87. The minimum Gasteiger partial charge on any atom is -0.381 e. The van der Waals surface area contributed by atoms with Gasteiger partial charge in [0.2, 0.25) is 0 Å². The van der Waals surface area contributed by atoms with E-state index in [-0.39, 0.29) is 0 Å². The highest BCUT2D eigenvalue weighted by Crippen LogP contribution is 2.32. The van der Waals surface area contributed by atoms with Crippen LogP contribution in [-0.2, 0) is 12.8 Å². The summed E-state index contributed by atoms with van der Waals surface area (Å²) in [6.45, 7) is 2.34. The Bertz CT molecular complexity index is 402. The van der Waals surface area contributed by atoms with Gasteiger partial charge in [-0.15, -0.1) is 0 Å². The van der Waals surface area contributed by atoms with Crippen LogP contribution in [0, 0.1) is 0 Å². The van der Waals surface area contributed by atoms with Crippen LogP contribution in [-0.4, -0.2) is 17.0 Å². The third-order valence-corrected chi connectivity index (χ3v) is 5.31.